The molecule has 0 aromatic heterocycles. The second kappa shape index (κ2) is 14.2. The molecule has 0 radical (unpaired) electrons. The van der Waals surface area contributed by atoms with Gasteiger partial charge < -0.3 is 0 Å². The highest BCUT2D eigenvalue weighted by atomic mass is 33.7. The Hall–Kier alpha value is 1.76. The van der Waals surface area contributed by atoms with Crippen LogP contribution in [0.2, 0.25) is 0 Å². The third-order valence-electron chi connectivity index (χ3n) is 6.52. The van der Waals surface area contributed by atoms with Crippen molar-refractivity contribution in [1.82, 2.24) is 9.80 Å². The largest absolute Gasteiger partial charge is 0.264 e. The number of nitrogens with zero attached hydrogens (tertiary/aromatic N) is 2. The molecule has 4 aliphatic rings. The van der Waals surface area contributed by atoms with E-state index in [1.807, 2.05) is 0 Å². The van der Waals surface area contributed by atoms with E-state index in [9.17, 15) is 0 Å². The minimum Gasteiger partial charge on any atom is -0.264 e. The van der Waals surface area contributed by atoms with E-state index < -0.39 is 0 Å². The Bertz CT molecular complexity index is 528. The van der Waals surface area contributed by atoms with Crippen LogP contribution in [-0.4, -0.2) is 67.6 Å². The van der Waals surface area contributed by atoms with Gasteiger partial charge in [0.15, 0.2) is 0 Å². The van der Waals surface area contributed by atoms with Crippen LogP contribution in [0.25, 0.3) is 0 Å². The molecule has 4 fully saturated rings. The minimum absolute atomic E-state index is 0.544. The number of hydrogen-bond acceptors (Lipinski definition) is 4. The van der Waals surface area contributed by atoms with Crippen molar-refractivity contribution in [1.29, 1.82) is 0 Å². The molecule has 0 aliphatic carbocycles. The van der Waals surface area contributed by atoms with E-state index in [1.54, 1.807) is 8.64 Å². The van der Waals surface area contributed by atoms with E-state index in [0.29, 0.717) is 21.0 Å². The quantitative estimate of drug-likeness (QED) is 0.210. The highest BCUT2D eigenvalue weighted by Crippen LogP contribution is 2.49. The molecule has 0 atom stereocenters. The third kappa shape index (κ3) is 7.64. The van der Waals surface area contributed by atoms with E-state index >= 15 is 0 Å². The number of likely N-dealkylation sites (tertiary alicyclic amines) is 2. The van der Waals surface area contributed by atoms with Gasteiger partial charge in [-0.25, -0.2) is 0 Å². The van der Waals surface area contributed by atoms with Gasteiger partial charge in [0.1, 0.15) is 0 Å². The van der Waals surface area contributed by atoms with Crippen LogP contribution in [0, 0.1) is 0 Å². The molecule has 30 heavy (non-hydrogen) atoms. The van der Waals surface area contributed by atoms with Crippen molar-refractivity contribution in [3.05, 3.63) is 0 Å². The lowest BCUT2D eigenvalue weighted by atomic mass is 10.1. The first kappa shape index (κ1) is 24.9. The SMILES string of the molecule is C1CCN(C(SSSSC(N2CCCCC2)=S2CCCCC2)=S2CCCCC2)CC1. The second-order valence-corrected chi connectivity index (χ2v) is 19.4. The maximum atomic E-state index is 2.79. The van der Waals surface area contributed by atoms with Gasteiger partial charge in [-0.2, -0.15) is 21.0 Å². The first-order chi connectivity index (χ1) is 14.9. The van der Waals surface area contributed by atoms with Gasteiger partial charge in [-0.15, -0.1) is 0 Å². The Morgan fingerprint density at radius 1 is 0.433 bits per heavy atom. The number of piperidine rings is 2. The fourth-order valence-corrected chi connectivity index (χ4v) is 19.2. The Kier molecular flexibility index (Phi) is 11.8. The Morgan fingerprint density at radius 3 is 1.13 bits per heavy atom. The predicted octanol–water partition coefficient (Wildman–Crippen LogP) is 7.72. The summed E-state index contributed by atoms with van der Waals surface area (Å²) in [6.07, 6.45) is 17.3. The van der Waals surface area contributed by atoms with Gasteiger partial charge in [-0.05, 0) is 116 Å². The van der Waals surface area contributed by atoms with Gasteiger partial charge in [-0.1, -0.05) is 25.7 Å². The molecular formula is C22H40N2S6. The zero-order valence-corrected chi connectivity index (χ0v) is 23.4. The molecule has 0 unspecified atom stereocenters. The van der Waals surface area contributed by atoms with Crippen LogP contribution in [0.4, 0.5) is 0 Å². The van der Waals surface area contributed by atoms with Crippen molar-refractivity contribution in [2.24, 2.45) is 0 Å². The van der Waals surface area contributed by atoms with Gasteiger partial charge in [0.05, 0.1) is 8.64 Å². The van der Waals surface area contributed by atoms with Crippen molar-refractivity contribution in [3.63, 3.8) is 0 Å². The predicted molar refractivity (Wildman–Crippen MR) is 154 cm³/mol. The van der Waals surface area contributed by atoms with Gasteiger partial charge in [0.25, 0.3) is 0 Å². The van der Waals surface area contributed by atoms with Crippen molar-refractivity contribution in [2.75, 3.05) is 49.2 Å². The van der Waals surface area contributed by atoms with Gasteiger partial charge in [0, 0.05) is 26.2 Å². The van der Waals surface area contributed by atoms with Gasteiger partial charge in [-0.3, -0.25) is 9.80 Å². The lowest BCUT2D eigenvalue weighted by Gasteiger charge is -2.32. The molecule has 0 amide bonds. The molecule has 0 spiro atoms. The van der Waals surface area contributed by atoms with Crippen molar-refractivity contribution in [3.8, 4) is 0 Å². The molecule has 0 bridgehead atoms. The second-order valence-electron chi connectivity index (χ2n) is 8.85. The molecule has 4 saturated heterocycles. The summed E-state index contributed by atoms with van der Waals surface area (Å²) in [6, 6.07) is 0. The standard InChI is InChI=1S/C22H40N2S6/c1-5-13-23(14-6-1)21(29-17-9-3-10-18-29)25-27-28-26-22(24-15-7-2-8-16-24)30-19-11-4-12-20-30/h1-20H2. The maximum absolute atomic E-state index is 2.79. The van der Waals surface area contributed by atoms with Gasteiger partial charge >= 0.3 is 0 Å². The molecule has 0 saturated carbocycles. The molecule has 0 N–H and O–H groups in total. The normalized spacial score (nSPS) is 26.0. The van der Waals surface area contributed by atoms with Crippen LogP contribution < -0.4 is 0 Å². The molecule has 2 nitrogen and oxygen atoms in total. The highest BCUT2D eigenvalue weighted by molar-refractivity contribution is 9.29. The highest BCUT2D eigenvalue weighted by Gasteiger charge is 2.23. The Balaban J connectivity index is 1.36. The van der Waals surface area contributed by atoms with E-state index in [1.165, 1.54) is 126 Å². The Morgan fingerprint density at radius 2 is 0.767 bits per heavy atom. The summed E-state index contributed by atoms with van der Waals surface area (Å²) in [5.41, 5.74) is 0. The molecule has 4 aliphatic heterocycles. The molecule has 8 heteroatoms. The summed E-state index contributed by atoms with van der Waals surface area (Å²) in [7, 11) is 9.57. The molecule has 4 rings (SSSR count). The maximum Gasteiger partial charge on any atom is 0.0875 e. The van der Waals surface area contributed by atoms with E-state index in [0.717, 1.165) is 0 Å². The van der Waals surface area contributed by atoms with Crippen LogP contribution in [-0.2, 0) is 0 Å². The Labute approximate surface area is 205 Å². The number of hydrogen-bond donors (Lipinski definition) is 0. The van der Waals surface area contributed by atoms with E-state index in [4.69, 9.17) is 0 Å². The summed E-state index contributed by atoms with van der Waals surface area (Å²) >= 11 is 0. The van der Waals surface area contributed by atoms with Crippen LogP contribution in [0.15, 0.2) is 0 Å². The van der Waals surface area contributed by atoms with Crippen molar-refractivity contribution < 1.29 is 0 Å². The zero-order valence-electron chi connectivity index (χ0n) is 18.5. The zero-order chi connectivity index (χ0) is 20.4. The monoisotopic (exact) mass is 524 g/mol. The summed E-state index contributed by atoms with van der Waals surface area (Å²) in [4.78, 5) is 5.58. The fraction of sp³-hybridized carbons (Fsp3) is 0.909. The molecular weight excluding hydrogens is 485 g/mol. The van der Waals surface area contributed by atoms with Crippen molar-refractivity contribution in [2.45, 2.75) is 77.0 Å². The summed E-state index contributed by atoms with van der Waals surface area (Å²) in [5, 5.41) is 0. The van der Waals surface area contributed by atoms with E-state index in [-0.39, 0.29) is 0 Å². The van der Waals surface area contributed by atoms with Crippen molar-refractivity contribution >= 4 is 70.8 Å². The molecule has 174 valence electrons. The average molecular weight is 525 g/mol. The molecule has 4 heterocycles. The summed E-state index contributed by atoms with van der Waals surface area (Å²) in [6.45, 7) is 5.27. The first-order valence-electron chi connectivity index (χ1n) is 12.2. The summed E-state index contributed by atoms with van der Waals surface area (Å²) in [5.74, 6) is 5.86. The first-order valence-corrected chi connectivity index (χ1v) is 20.1. The van der Waals surface area contributed by atoms with E-state index in [2.05, 4.69) is 51.0 Å². The van der Waals surface area contributed by atoms with Gasteiger partial charge in [0.2, 0.25) is 0 Å². The molecule has 0 aromatic rings. The third-order valence-corrected chi connectivity index (χ3v) is 19.4. The smallest absolute Gasteiger partial charge is 0.0875 e. The summed E-state index contributed by atoms with van der Waals surface area (Å²) < 4.78 is 3.54. The fourth-order valence-electron chi connectivity index (χ4n) is 4.82. The topological polar surface area (TPSA) is 6.48 Å². The lowest BCUT2D eigenvalue weighted by molar-refractivity contribution is 0.352. The minimum atomic E-state index is 0.544. The van der Waals surface area contributed by atoms with Crippen LogP contribution >= 0.6 is 62.2 Å². The average Bonchev–Trinajstić information content (AvgIpc) is 2.84. The lowest BCUT2D eigenvalue weighted by Crippen LogP contribution is -2.34. The molecule has 0 aromatic carbocycles. The van der Waals surface area contributed by atoms with Crippen LogP contribution in [0.1, 0.15) is 77.0 Å². The number of rotatable bonds is 3. The van der Waals surface area contributed by atoms with Crippen LogP contribution in [0.3, 0.4) is 0 Å². The van der Waals surface area contributed by atoms with Crippen LogP contribution in [0.5, 0.6) is 0 Å².